The molecule has 0 aliphatic heterocycles. The average Bonchev–Trinajstić information content (AvgIpc) is 2.43. The third kappa shape index (κ3) is 8.96. The zero-order chi connectivity index (χ0) is 19.0. The molecule has 0 saturated heterocycles. The highest BCUT2D eigenvalue weighted by Crippen LogP contribution is 2.06. The molecule has 0 rings (SSSR count). The van der Waals surface area contributed by atoms with Gasteiger partial charge in [0, 0.05) is 12.2 Å². The van der Waals surface area contributed by atoms with Gasteiger partial charge < -0.3 is 9.47 Å². The molecule has 0 radical (unpaired) electrons. The lowest BCUT2D eigenvalue weighted by molar-refractivity contribution is -0.140. The molecule has 0 aliphatic carbocycles. The summed E-state index contributed by atoms with van der Waals surface area (Å²) < 4.78 is 70.4. The lowest BCUT2D eigenvalue weighted by atomic mass is 10.3. The molecular weight excluding hydrogens is 368 g/mol. The fourth-order valence-corrected chi connectivity index (χ4v) is 2.73. The van der Waals surface area contributed by atoms with Gasteiger partial charge >= 0.3 is 11.9 Å². The highest BCUT2D eigenvalue weighted by atomic mass is 32.2. The van der Waals surface area contributed by atoms with E-state index in [1.807, 2.05) is 0 Å². The van der Waals surface area contributed by atoms with Crippen molar-refractivity contribution >= 4 is 32.2 Å². The molecule has 0 heterocycles. The lowest BCUT2D eigenvalue weighted by Crippen LogP contribution is -2.27. The SMILES string of the molecule is CCC(COC(=O)C=CC(=O)OCC(CC)S(=O)(=O)O)S(=O)(=O)O. The summed E-state index contributed by atoms with van der Waals surface area (Å²) >= 11 is 0. The number of rotatable bonds is 10. The Labute approximate surface area is 140 Å². The molecule has 12 heteroatoms. The van der Waals surface area contributed by atoms with Crippen molar-refractivity contribution in [2.45, 2.75) is 37.2 Å². The number of hydrogen-bond acceptors (Lipinski definition) is 8. The first-order valence-corrected chi connectivity index (χ1v) is 9.86. The molecule has 2 atom stereocenters. The molecule has 0 aromatic rings. The third-order valence-corrected chi connectivity index (χ3v) is 5.56. The predicted molar refractivity (Wildman–Crippen MR) is 82.3 cm³/mol. The maximum absolute atomic E-state index is 11.3. The smallest absolute Gasteiger partial charge is 0.331 e. The van der Waals surface area contributed by atoms with Crippen LogP contribution in [0.2, 0.25) is 0 Å². The summed E-state index contributed by atoms with van der Waals surface area (Å²) in [5, 5.41) is -2.55. The van der Waals surface area contributed by atoms with E-state index < -0.39 is 55.9 Å². The van der Waals surface area contributed by atoms with E-state index in [0.717, 1.165) is 0 Å². The molecule has 0 saturated carbocycles. The Bertz CT molecular complexity index is 604. The van der Waals surface area contributed by atoms with Crippen LogP contribution in [0.15, 0.2) is 12.2 Å². The van der Waals surface area contributed by atoms with Crippen LogP contribution in [-0.2, 0) is 39.3 Å². The third-order valence-electron chi connectivity index (χ3n) is 2.93. The largest absolute Gasteiger partial charge is 0.461 e. The summed E-state index contributed by atoms with van der Waals surface area (Å²) in [4.78, 5) is 22.6. The number of esters is 2. The predicted octanol–water partition coefficient (Wildman–Crippen LogP) is -0.0382. The van der Waals surface area contributed by atoms with Gasteiger partial charge in [0.1, 0.15) is 23.7 Å². The second-order valence-corrected chi connectivity index (χ2v) is 8.08. The number of carbonyl (C=O) groups is 2. The Morgan fingerprint density at radius 2 is 1.12 bits per heavy atom. The van der Waals surface area contributed by atoms with Crippen LogP contribution < -0.4 is 0 Å². The van der Waals surface area contributed by atoms with Crippen LogP contribution in [-0.4, -0.2) is 61.6 Å². The molecule has 0 bridgehead atoms. The highest BCUT2D eigenvalue weighted by Gasteiger charge is 2.23. The summed E-state index contributed by atoms with van der Waals surface area (Å²) in [5.41, 5.74) is 0. The van der Waals surface area contributed by atoms with Crippen LogP contribution in [0.5, 0.6) is 0 Å². The molecule has 2 unspecified atom stereocenters. The minimum atomic E-state index is -4.35. The summed E-state index contributed by atoms with van der Waals surface area (Å²) in [5.74, 6) is -2.09. The topological polar surface area (TPSA) is 161 Å². The van der Waals surface area contributed by atoms with Gasteiger partial charge in [-0.25, -0.2) is 9.59 Å². The molecule has 0 aromatic heterocycles. The number of carbonyl (C=O) groups excluding carboxylic acids is 2. The van der Waals surface area contributed by atoms with Gasteiger partial charge in [-0.3, -0.25) is 9.11 Å². The average molecular weight is 388 g/mol. The molecular formula is C12H20O10S2. The maximum atomic E-state index is 11.3. The molecule has 0 aliphatic rings. The monoisotopic (exact) mass is 388 g/mol. The van der Waals surface area contributed by atoms with Crippen LogP contribution in [0.3, 0.4) is 0 Å². The molecule has 10 nitrogen and oxygen atoms in total. The molecule has 0 aromatic carbocycles. The van der Waals surface area contributed by atoms with E-state index >= 15 is 0 Å². The van der Waals surface area contributed by atoms with Crippen molar-refractivity contribution in [2.24, 2.45) is 0 Å². The molecule has 140 valence electrons. The van der Waals surface area contributed by atoms with Gasteiger partial charge in [0.05, 0.1) is 0 Å². The Morgan fingerprint density at radius 3 is 1.33 bits per heavy atom. The van der Waals surface area contributed by atoms with Crippen molar-refractivity contribution in [2.75, 3.05) is 13.2 Å². The fourth-order valence-electron chi connectivity index (χ4n) is 1.41. The van der Waals surface area contributed by atoms with Crippen LogP contribution in [0.1, 0.15) is 26.7 Å². The molecule has 24 heavy (non-hydrogen) atoms. The zero-order valence-electron chi connectivity index (χ0n) is 13.1. The van der Waals surface area contributed by atoms with Gasteiger partial charge in [-0.05, 0) is 12.8 Å². The van der Waals surface area contributed by atoms with E-state index in [9.17, 15) is 26.4 Å². The summed E-state index contributed by atoms with van der Waals surface area (Å²) in [6.07, 6.45) is 1.36. The first-order chi connectivity index (χ1) is 10.9. The Kier molecular flexibility index (Phi) is 9.11. The van der Waals surface area contributed by atoms with Gasteiger partial charge in [0.25, 0.3) is 20.2 Å². The van der Waals surface area contributed by atoms with Crippen molar-refractivity contribution in [3.63, 3.8) is 0 Å². The van der Waals surface area contributed by atoms with E-state index in [2.05, 4.69) is 9.47 Å². The normalized spacial score (nSPS) is 15.0. The van der Waals surface area contributed by atoms with E-state index in [1.54, 1.807) is 0 Å². The van der Waals surface area contributed by atoms with Gasteiger partial charge in [-0.1, -0.05) is 13.8 Å². The van der Waals surface area contributed by atoms with Crippen molar-refractivity contribution in [1.82, 2.24) is 0 Å². The first kappa shape index (κ1) is 22.5. The minimum Gasteiger partial charge on any atom is -0.461 e. The zero-order valence-corrected chi connectivity index (χ0v) is 14.7. The first-order valence-electron chi connectivity index (χ1n) is 6.85. The fraction of sp³-hybridized carbons (Fsp3) is 0.667. The van der Waals surface area contributed by atoms with Crippen molar-refractivity contribution in [1.29, 1.82) is 0 Å². The summed E-state index contributed by atoms with van der Waals surface area (Å²) in [6, 6.07) is 0. The second kappa shape index (κ2) is 9.71. The van der Waals surface area contributed by atoms with E-state index in [1.165, 1.54) is 13.8 Å². The number of hydrogen-bond donors (Lipinski definition) is 2. The Hall–Kier alpha value is -1.50. The minimum absolute atomic E-state index is 0.0198. The van der Waals surface area contributed by atoms with Gasteiger partial charge in [-0.15, -0.1) is 0 Å². The lowest BCUT2D eigenvalue weighted by Gasteiger charge is -2.11. The maximum Gasteiger partial charge on any atom is 0.331 e. The van der Waals surface area contributed by atoms with Gasteiger partial charge in [0.15, 0.2) is 0 Å². The van der Waals surface area contributed by atoms with E-state index in [4.69, 9.17) is 9.11 Å². The molecule has 2 N–H and O–H groups in total. The molecule has 0 fully saturated rings. The van der Waals surface area contributed by atoms with Gasteiger partial charge in [-0.2, -0.15) is 16.8 Å². The Balaban J connectivity index is 4.43. The molecule has 0 amide bonds. The van der Waals surface area contributed by atoms with E-state index in [-0.39, 0.29) is 12.8 Å². The Morgan fingerprint density at radius 1 is 0.833 bits per heavy atom. The molecule has 0 spiro atoms. The van der Waals surface area contributed by atoms with Gasteiger partial charge in [0.2, 0.25) is 0 Å². The quantitative estimate of drug-likeness (QED) is 0.295. The van der Waals surface area contributed by atoms with Crippen molar-refractivity contribution in [3.05, 3.63) is 12.2 Å². The number of ether oxygens (including phenoxy) is 2. The standard InChI is InChI=1S/C12H20O10S2/c1-3-9(23(15,16)17)7-21-11(13)5-6-12(14)22-8-10(4-2)24(18,19)20/h5-6,9-10H,3-4,7-8H2,1-2H3,(H,15,16,17)(H,18,19,20). The van der Waals surface area contributed by atoms with Crippen molar-refractivity contribution < 1.29 is 45.0 Å². The second-order valence-electron chi connectivity index (χ2n) is 4.68. The van der Waals surface area contributed by atoms with Crippen LogP contribution in [0.25, 0.3) is 0 Å². The van der Waals surface area contributed by atoms with E-state index in [0.29, 0.717) is 12.2 Å². The van der Waals surface area contributed by atoms with Crippen molar-refractivity contribution in [3.8, 4) is 0 Å². The van der Waals surface area contributed by atoms with Crippen LogP contribution in [0, 0.1) is 0 Å². The summed E-state index contributed by atoms with van der Waals surface area (Å²) in [7, 11) is -8.70. The summed E-state index contributed by atoms with van der Waals surface area (Å²) in [6.45, 7) is 1.76. The van der Waals surface area contributed by atoms with Crippen LogP contribution >= 0.6 is 0 Å². The van der Waals surface area contributed by atoms with Crippen LogP contribution in [0.4, 0.5) is 0 Å². The highest BCUT2D eigenvalue weighted by molar-refractivity contribution is 7.86.